The normalized spacial score (nSPS) is 41.6. The fourth-order valence-electron chi connectivity index (χ4n) is 4.15. The van der Waals surface area contributed by atoms with E-state index in [0.29, 0.717) is 17.9 Å². The first kappa shape index (κ1) is 11.6. The summed E-state index contributed by atoms with van der Waals surface area (Å²) < 4.78 is 0. The zero-order chi connectivity index (χ0) is 11.8. The van der Waals surface area contributed by atoms with Crippen molar-refractivity contribution in [2.45, 2.75) is 64.3 Å². The van der Waals surface area contributed by atoms with Gasteiger partial charge in [-0.25, -0.2) is 0 Å². The average Bonchev–Trinajstić information content (AvgIpc) is 3.08. The van der Waals surface area contributed by atoms with Gasteiger partial charge in [-0.15, -0.1) is 0 Å². The first-order valence-electron chi connectivity index (χ1n) is 7.59. The zero-order valence-corrected chi connectivity index (χ0v) is 11.0. The van der Waals surface area contributed by atoms with Crippen LogP contribution in [-0.2, 0) is 4.79 Å². The molecule has 3 unspecified atom stereocenters. The van der Waals surface area contributed by atoms with Crippen molar-refractivity contribution in [3.63, 3.8) is 0 Å². The minimum absolute atomic E-state index is 0.429. The molecule has 0 aromatic rings. The summed E-state index contributed by atoms with van der Waals surface area (Å²) in [5, 5.41) is 0. The van der Waals surface area contributed by atoms with Crippen LogP contribution in [0.15, 0.2) is 0 Å². The summed E-state index contributed by atoms with van der Waals surface area (Å²) in [6.45, 7) is 3.27. The SMILES string of the molecule is CC1CCCCCN1C(=O)C1C2CCCCC21. The minimum atomic E-state index is 0.429. The van der Waals surface area contributed by atoms with E-state index in [1.54, 1.807) is 0 Å². The van der Waals surface area contributed by atoms with Gasteiger partial charge in [-0.05, 0) is 44.4 Å². The quantitative estimate of drug-likeness (QED) is 0.683. The second-order valence-corrected chi connectivity index (χ2v) is 6.37. The van der Waals surface area contributed by atoms with Crippen molar-refractivity contribution >= 4 is 5.91 Å². The number of fused-ring (bicyclic) bond motifs is 1. The molecule has 3 atom stereocenters. The number of hydrogen-bond acceptors (Lipinski definition) is 1. The van der Waals surface area contributed by atoms with E-state index in [4.69, 9.17) is 0 Å². The lowest BCUT2D eigenvalue weighted by Crippen LogP contribution is -2.39. The van der Waals surface area contributed by atoms with Crippen LogP contribution >= 0.6 is 0 Å². The topological polar surface area (TPSA) is 20.3 Å². The third kappa shape index (κ3) is 2.11. The molecule has 0 bridgehead atoms. The Morgan fingerprint density at radius 2 is 1.59 bits per heavy atom. The maximum absolute atomic E-state index is 12.6. The van der Waals surface area contributed by atoms with E-state index >= 15 is 0 Å². The molecule has 0 aromatic heterocycles. The summed E-state index contributed by atoms with van der Waals surface area (Å²) in [5.41, 5.74) is 0. The van der Waals surface area contributed by atoms with E-state index in [1.165, 1.54) is 51.4 Å². The molecule has 96 valence electrons. The third-order valence-electron chi connectivity index (χ3n) is 5.28. The van der Waals surface area contributed by atoms with Gasteiger partial charge < -0.3 is 4.90 Å². The smallest absolute Gasteiger partial charge is 0.226 e. The maximum atomic E-state index is 12.6. The molecule has 1 amide bonds. The molecule has 2 heteroatoms. The van der Waals surface area contributed by atoms with Crippen molar-refractivity contribution < 1.29 is 4.79 Å². The Labute approximate surface area is 105 Å². The van der Waals surface area contributed by atoms with Crippen LogP contribution in [-0.4, -0.2) is 23.4 Å². The molecule has 1 heterocycles. The highest BCUT2D eigenvalue weighted by molar-refractivity contribution is 5.82. The second kappa shape index (κ2) is 4.62. The Kier molecular flexibility index (Phi) is 3.14. The summed E-state index contributed by atoms with van der Waals surface area (Å²) in [4.78, 5) is 14.8. The summed E-state index contributed by atoms with van der Waals surface area (Å²) in [5.74, 6) is 2.48. The lowest BCUT2D eigenvalue weighted by molar-refractivity contribution is -0.135. The molecular weight excluding hydrogens is 210 g/mol. The van der Waals surface area contributed by atoms with E-state index < -0.39 is 0 Å². The maximum Gasteiger partial charge on any atom is 0.226 e. The molecule has 3 aliphatic rings. The van der Waals surface area contributed by atoms with Crippen LogP contribution in [0.4, 0.5) is 0 Å². The first-order chi connectivity index (χ1) is 8.29. The molecule has 2 aliphatic carbocycles. The number of carbonyl (C=O) groups is 1. The van der Waals surface area contributed by atoms with Crippen LogP contribution < -0.4 is 0 Å². The molecule has 3 rings (SSSR count). The number of carbonyl (C=O) groups excluding carboxylic acids is 1. The van der Waals surface area contributed by atoms with Crippen LogP contribution in [0.1, 0.15) is 58.3 Å². The van der Waals surface area contributed by atoms with Crippen molar-refractivity contribution in [3.8, 4) is 0 Å². The molecule has 2 saturated carbocycles. The Balaban J connectivity index is 1.65. The van der Waals surface area contributed by atoms with Crippen molar-refractivity contribution in [2.24, 2.45) is 17.8 Å². The number of nitrogens with zero attached hydrogens (tertiary/aromatic N) is 1. The van der Waals surface area contributed by atoms with Gasteiger partial charge in [0.25, 0.3) is 0 Å². The number of rotatable bonds is 1. The number of hydrogen-bond donors (Lipinski definition) is 0. The third-order valence-corrected chi connectivity index (χ3v) is 5.28. The number of likely N-dealkylation sites (tertiary alicyclic amines) is 1. The van der Waals surface area contributed by atoms with Crippen molar-refractivity contribution in [2.75, 3.05) is 6.54 Å². The average molecular weight is 235 g/mol. The molecule has 2 nitrogen and oxygen atoms in total. The lowest BCUT2D eigenvalue weighted by Gasteiger charge is -2.27. The molecule has 0 N–H and O–H groups in total. The summed E-state index contributed by atoms with van der Waals surface area (Å²) in [7, 11) is 0. The summed E-state index contributed by atoms with van der Waals surface area (Å²) in [6, 6.07) is 0.493. The van der Waals surface area contributed by atoms with Crippen LogP contribution in [0, 0.1) is 17.8 Å². The van der Waals surface area contributed by atoms with E-state index in [2.05, 4.69) is 11.8 Å². The summed E-state index contributed by atoms with van der Waals surface area (Å²) in [6.07, 6.45) is 10.4. The minimum Gasteiger partial charge on any atom is -0.340 e. The van der Waals surface area contributed by atoms with E-state index in [9.17, 15) is 4.79 Å². The van der Waals surface area contributed by atoms with Gasteiger partial charge in [0.1, 0.15) is 0 Å². The molecule has 1 saturated heterocycles. The fraction of sp³-hybridized carbons (Fsp3) is 0.933. The predicted molar refractivity (Wildman–Crippen MR) is 68.6 cm³/mol. The monoisotopic (exact) mass is 235 g/mol. The molecule has 1 aliphatic heterocycles. The standard InChI is InChI=1S/C15H25NO/c1-11-7-3-2-6-10-16(11)15(17)14-12-8-4-5-9-13(12)14/h11-14H,2-10H2,1H3. The fourth-order valence-corrected chi connectivity index (χ4v) is 4.15. The van der Waals surface area contributed by atoms with Gasteiger partial charge in [0.2, 0.25) is 5.91 Å². The van der Waals surface area contributed by atoms with Crippen LogP contribution in [0.2, 0.25) is 0 Å². The van der Waals surface area contributed by atoms with Crippen molar-refractivity contribution in [3.05, 3.63) is 0 Å². The Morgan fingerprint density at radius 3 is 2.29 bits per heavy atom. The van der Waals surface area contributed by atoms with Crippen LogP contribution in [0.5, 0.6) is 0 Å². The van der Waals surface area contributed by atoms with E-state index in [-0.39, 0.29) is 0 Å². The van der Waals surface area contributed by atoms with Crippen LogP contribution in [0.25, 0.3) is 0 Å². The first-order valence-corrected chi connectivity index (χ1v) is 7.59. The Bertz CT molecular complexity index is 289. The number of amides is 1. The van der Waals surface area contributed by atoms with Gasteiger partial charge in [-0.3, -0.25) is 4.79 Å². The van der Waals surface area contributed by atoms with E-state index in [0.717, 1.165) is 18.4 Å². The molecule has 0 aromatic carbocycles. The molecule has 0 spiro atoms. The van der Waals surface area contributed by atoms with Gasteiger partial charge in [-0.2, -0.15) is 0 Å². The predicted octanol–water partition coefficient (Wildman–Crippen LogP) is 3.21. The largest absolute Gasteiger partial charge is 0.340 e. The van der Waals surface area contributed by atoms with E-state index in [1.807, 2.05) is 0 Å². The second-order valence-electron chi connectivity index (χ2n) is 6.37. The van der Waals surface area contributed by atoms with Gasteiger partial charge >= 0.3 is 0 Å². The van der Waals surface area contributed by atoms with Gasteiger partial charge in [0, 0.05) is 18.5 Å². The van der Waals surface area contributed by atoms with Gasteiger partial charge in [0.05, 0.1) is 0 Å². The lowest BCUT2D eigenvalue weighted by atomic mass is 10.0. The van der Waals surface area contributed by atoms with Crippen molar-refractivity contribution in [1.82, 2.24) is 4.90 Å². The molecule has 17 heavy (non-hydrogen) atoms. The molecule has 0 radical (unpaired) electrons. The highest BCUT2D eigenvalue weighted by Gasteiger charge is 2.56. The van der Waals surface area contributed by atoms with Crippen molar-refractivity contribution in [1.29, 1.82) is 0 Å². The highest BCUT2D eigenvalue weighted by atomic mass is 16.2. The summed E-state index contributed by atoms with van der Waals surface area (Å²) >= 11 is 0. The van der Waals surface area contributed by atoms with Gasteiger partial charge in [-0.1, -0.05) is 25.7 Å². The van der Waals surface area contributed by atoms with Gasteiger partial charge in [0.15, 0.2) is 0 Å². The Hall–Kier alpha value is -0.530. The highest BCUT2D eigenvalue weighted by Crippen LogP contribution is 2.56. The Morgan fingerprint density at radius 1 is 0.941 bits per heavy atom. The van der Waals surface area contributed by atoms with Crippen LogP contribution in [0.3, 0.4) is 0 Å². The molecule has 3 fully saturated rings. The molecular formula is C15H25NO. The zero-order valence-electron chi connectivity index (χ0n) is 11.0.